The summed E-state index contributed by atoms with van der Waals surface area (Å²) >= 11 is 0. The van der Waals surface area contributed by atoms with E-state index < -0.39 is 5.60 Å². The number of allylic oxidation sites excluding steroid dienone is 4. The third-order valence-electron chi connectivity index (χ3n) is 8.21. The SMILES string of the molecule is C[C@@H]1C[C@@]2(C)C(=CC1=O)CC[C@@H]1C2=CC[C@@]2(C)[C@H]1CC[C@]2(C)O. The van der Waals surface area contributed by atoms with Gasteiger partial charge in [0.05, 0.1) is 5.60 Å². The van der Waals surface area contributed by atoms with Crippen LogP contribution in [0.2, 0.25) is 0 Å². The van der Waals surface area contributed by atoms with Crippen LogP contribution in [-0.4, -0.2) is 16.5 Å². The van der Waals surface area contributed by atoms with Gasteiger partial charge < -0.3 is 5.11 Å². The Morgan fingerprint density at radius 1 is 1.22 bits per heavy atom. The van der Waals surface area contributed by atoms with Gasteiger partial charge in [0.25, 0.3) is 0 Å². The van der Waals surface area contributed by atoms with E-state index in [0.717, 1.165) is 38.5 Å². The van der Waals surface area contributed by atoms with E-state index in [1.54, 1.807) is 5.57 Å². The van der Waals surface area contributed by atoms with Crippen molar-refractivity contribution in [3.8, 4) is 0 Å². The van der Waals surface area contributed by atoms with Crippen molar-refractivity contribution < 1.29 is 9.90 Å². The second-order valence-electron chi connectivity index (χ2n) is 9.35. The molecule has 4 rings (SSSR count). The molecule has 0 bridgehead atoms. The number of rotatable bonds is 0. The summed E-state index contributed by atoms with van der Waals surface area (Å²) in [5.74, 6) is 1.67. The molecule has 0 aromatic carbocycles. The van der Waals surface area contributed by atoms with Crippen LogP contribution in [0.15, 0.2) is 23.3 Å². The number of hydrogen-bond donors (Lipinski definition) is 1. The maximum Gasteiger partial charge on any atom is 0.158 e. The normalized spacial score (nSPS) is 52.2. The lowest BCUT2D eigenvalue weighted by Crippen LogP contribution is -2.49. The van der Waals surface area contributed by atoms with Crippen LogP contribution in [0.5, 0.6) is 0 Å². The Balaban J connectivity index is 1.78. The molecule has 126 valence electrons. The lowest BCUT2D eigenvalue weighted by Gasteiger charge is -2.55. The molecule has 4 aliphatic carbocycles. The Bertz CT molecular complexity index is 626. The molecule has 0 aromatic heterocycles. The zero-order valence-corrected chi connectivity index (χ0v) is 15.0. The highest BCUT2D eigenvalue weighted by Gasteiger charge is 2.60. The van der Waals surface area contributed by atoms with E-state index in [9.17, 15) is 9.90 Å². The van der Waals surface area contributed by atoms with Gasteiger partial charge in [-0.2, -0.15) is 0 Å². The summed E-state index contributed by atoms with van der Waals surface area (Å²) in [7, 11) is 0. The summed E-state index contributed by atoms with van der Waals surface area (Å²) in [4.78, 5) is 12.1. The summed E-state index contributed by atoms with van der Waals surface area (Å²) < 4.78 is 0. The molecule has 0 radical (unpaired) electrons. The van der Waals surface area contributed by atoms with E-state index in [4.69, 9.17) is 0 Å². The van der Waals surface area contributed by atoms with Crippen LogP contribution in [0, 0.1) is 28.6 Å². The Hall–Kier alpha value is -0.890. The number of fused-ring (bicyclic) bond motifs is 5. The topological polar surface area (TPSA) is 37.3 Å². The number of ketones is 1. The molecular formula is C21H30O2. The highest BCUT2D eigenvalue weighted by Crippen LogP contribution is 2.65. The van der Waals surface area contributed by atoms with Gasteiger partial charge in [-0.05, 0) is 63.4 Å². The van der Waals surface area contributed by atoms with Gasteiger partial charge in [0, 0.05) is 16.7 Å². The van der Waals surface area contributed by atoms with Crippen LogP contribution < -0.4 is 0 Å². The second kappa shape index (κ2) is 4.59. The van der Waals surface area contributed by atoms with Gasteiger partial charge in [0.15, 0.2) is 5.78 Å². The van der Waals surface area contributed by atoms with Gasteiger partial charge in [0.1, 0.15) is 0 Å². The predicted octanol–water partition coefficient (Wildman–Crippen LogP) is 4.44. The average molecular weight is 314 g/mol. The van der Waals surface area contributed by atoms with Crippen molar-refractivity contribution in [2.75, 3.05) is 0 Å². The fourth-order valence-corrected chi connectivity index (χ4v) is 6.42. The number of carbonyl (C=O) groups excluding carboxylic acids is 1. The van der Waals surface area contributed by atoms with Crippen LogP contribution in [-0.2, 0) is 4.79 Å². The van der Waals surface area contributed by atoms with Gasteiger partial charge in [-0.25, -0.2) is 0 Å². The van der Waals surface area contributed by atoms with E-state index in [-0.39, 0.29) is 16.7 Å². The average Bonchev–Trinajstić information content (AvgIpc) is 2.71. The minimum absolute atomic E-state index is 0.0227. The van der Waals surface area contributed by atoms with E-state index in [1.165, 1.54) is 5.57 Å². The van der Waals surface area contributed by atoms with Gasteiger partial charge in [0.2, 0.25) is 0 Å². The molecule has 1 N–H and O–H groups in total. The molecule has 0 unspecified atom stereocenters. The minimum atomic E-state index is -0.535. The fourth-order valence-electron chi connectivity index (χ4n) is 6.42. The van der Waals surface area contributed by atoms with E-state index in [1.807, 2.05) is 13.0 Å². The smallest absolute Gasteiger partial charge is 0.158 e. The van der Waals surface area contributed by atoms with Crippen molar-refractivity contribution in [3.63, 3.8) is 0 Å². The molecule has 0 aliphatic heterocycles. The summed E-state index contributed by atoms with van der Waals surface area (Å²) in [6.07, 6.45) is 10.7. The minimum Gasteiger partial charge on any atom is -0.390 e. The Morgan fingerprint density at radius 3 is 2.70 bits per heavy atom. The number of aliphatic hydroxyl groups is 1. The first-order valence-corrected chi connectivity index (χ1v) is 9.37. The zero-order chi connectivity index (χ0) is 16.6. The molecular weight excluding hydrogens is 284 g/mol. The Labute approximate surface area is 140 Å². The molecule has 0 aromatic rings. The molecule has 2 fully saturated rings. The van der Waals surface area contributed by atoms with Gasteiger partial charge in [-0.1, -0.05) is 38.0 Å². The largest absolute Gasteiger partial charge is 0.390 e. The van der Waals surface area contributed by atoms with Crippen LogP contribution >= 0.6 is 0 Å². The maximum atomic E-state index is 12.1. The first kappa shape index (κ1) is 15.6. The van der Waals surface area contributed by atoms with Gasteiger partial charge >= 0.3 is 0 Å². The van der Waals surface area contributed by atoms with Crippen molar-refractivity contribution in [2.45, 2.75) is 71.8 Å². The molecule has 2 saturated carbocycles. The summed E-state index contributed by atoms with van der Waals surface area (Å²) in [6, 6.07) is 0. The van der Waals surface area contributed by atoms with E-state index in [2.05, 4.69) is 26.8 Å². The van der Waals surface area contributed by atoms with Crippen molar-refractivity contribution in [2.24, 2.45) is 28.6 Å². The van der Waals surface area contributed by atoms with Crippen LogP contribution in [0.25, 0.3) is 0 Å². The molecule has 23 heavy (non-hydrogen) atoms. The first-order valence-electron chi connectivity index (χ1n) is 9.37. The van der Waals surface area contributed by atoms with Crippen LogP contribution in [0.1, 0.15) is 66.2 Å². The van der Waals surface area contributed by atoms with Crippen LogP contribution in [0.4, 0.5) is 0 Å². The Kier molecular flexibility index (Phi) is 3.12. The summed E-state index contributed by atoms with van der Waals surface area (Å²) in [5, 5.41) is 10.9. The van der Waals surface area contributed by atoms with E-state index >= 15 is 0 Å². The van der Waals surface area contributed by atoms with Gasteiger partial charge in [-0.15, -0.1) is 0 Å². The molecule has 0 spiro atoms. The standard InChI is InChI=1S/C21H30O2/c1-13-12-19(2)14(11-18(13)22)5-6-15-16(19)7-9-20(3)17(15)8-10-21(20,4)23/h7,11,13,15,17,23H,5-6,8-10,12H2,1-4H3/t13-,15-,17+,19+,20+,21+/m1/s1. The lowest BCUT2D eigenvalue weighted by atomic mass is 9.50. The maximum absolute atomic E-state index is 12.1. The van der Waals surface area contributed by atoms with Crippen molar-refractivity contribution in [3.05, 3.63) is 23.3 Å². The molecule has 6 atom stereocenters. The number of hydrogen-bond acceptors (Lipinski definition) is 2. The quantitative estimate of drug-likeness (QED) is 0.671. The van der Waals surface area contributed by atoms with Crippen molar-refractivity contribution >= 4 is 5.78 Å². The summed E-state index contributed by atoms with van der Waals surface area (Å²) in [5.41, 5.74) is 2.54. The highest BCUT2D eigenvalue weighted by molar-refractivity contribution is 5.93. The molecule has 4 aliphatic rings. The molecule has 2 heteroatoms. The molecule has 0 amide bonds. The monoisotopic (exact) mass is 314 g/mol. The molecule has 0 heterocycles. The third-order valence-corrected chi connectivity index (χ3v) is 8.21. The van der Waals surface area contributed by atoms with Crippen molar-refractivity contribution in [1.29, 1.82) is 0 Å². The number of carbonyl (C=O) groups is 1. The lowest BCUT2D eigenvalue weighted by molar-refractivity contribution is -0.119. The Morgan fingerprint density at radius 2 is 1.96 bits per heavy atom. The fraction of sp³-hybridized carbons (Fsp3) is 0.762. The predicted molar refractivity (Wildman–Crippen MR) is 91.9 cm³/mol. The highest BCUT2D eigenvalue weighted by atomic mass is 16.3. The first-order chi connectivity index (χ1) is 10.7. The summed E-state index contributed by atoms with van der Waals surface area (Å²) in [6.45, 7) is 8.80. The van der Waals surface area contributed by atoms with Crippen molar-refractivity contribution in [1.82, 2.24) is 0 Å². The molecule has 2 nitrogen and oxygen atoms in total. The molecule has 0 saturated heterocycles. The van der Waals surface area contributed by atoms with Crippen LogP contribution in [0.3, 0.4) is 0 Å². The zero-order valence-electron chi connectivity index (χ0n) is 15.0. The van der Waals surface area contributed by atoms with E-state index in [0.29, 0.717) is 17.6 Å². The van der Waals surface area contributed by atoms with Gasteiger partial charge in [-0.3, -0.25) is 4.79 Å². The third kappa shape index (κ3) is 1.88. The second-order valence-corrected chi connectivity index (χ2v) is 9.35.